The summed E-state index contributed by atoms with van der Waals surface area (Å²) in [6, 6.07) is 7.54. The number of nitrogens with zero attached hydrogens (tertiary/aromatic N) is 1. The fraction of sp³-hybridized carbons (Fsp3) is 0.438. The Labute approximate surface area is 119 Å². The molecule has 108 valence electrons. The van der Waals surface area contributed by atoms with Gasteiger partial charge in [-0.2, -0.15) is 0 Å². The lowest BCUT2D eigenvalue weighted by Gasteiger charge is -2.19. The molecule has 0 radical (unpaired) electrons. The minimum Gasteiger partial charge on any atom is -0.491 e. The van der Waals surface area contributed by atoms with Gasteiger partial charge in [0.15, 0.2) is 0 Å². The van der Waals surface area contributed by atoms with Gasteiger partial charge in [-0.15, -0.1) is 0 Å². The van der Waals surface area contributed by atoms with Crippen LogP contribution in [0.2, 0.25) is 0 Å². The van der Waals surface area contributed by atoms with Crippen molar-refractivity contribution in [3.05, 3.63) is 30.5 Å². The topological polar surface area (TPSA) is 40.5 Å². The predicted octanol–water partition coefficient (Wildman–Crippen LogP) is 4.21. The summed E-state index contributed by atoms with van der Waals surface area (Å²) in [6.45, 7) is 9.52. The average Bonchev–Trinajstić information content (AvgIpc) is 2.68. The van der Waals surface area contributed by atoms with E-state index in [4.69, 9.17) is 9.47 Å². The highest BCUT2D eigenvalue weighted by atomic mass is 16.6. The first-order valence-electron chi connectivity index (χ1n) is 6.77. The highest BCUT2D eigenvalue weighted by Crippen LogP contribution is 2.23. The SMILES string of the molecule is CC(C)Oc1ccc2c(ccn2C(=O)OC(C)(C)C)c1. The molecule has 1 heterocycles. The van der Waals surface area contributed by atoms with E-state index in [-0.39, 0.29) is 12.2 Å². The number of hydrogen-bond donors (Lipinski definition) is 0. The van der Waals surface area contributed by atoms with Gasteiger partial charge in [0.2, 0.25) is 0 Å². The van der Waals surface area contributed by atoms with E-state index in [1.807, 2.05) is 58.9 Å². The van der Waals surface area contributed by atoms with E-state index in [2.05, 4.69) is 0 Å². The van der Waals surface area contributed by atoms with Crippen molar-refractivity contribution in [2.24, 2.45) is 0 Å². The van der Waals surface area contributed by atoms with Gasteiger partial charge in [-0.1, -0.05) is 0 Å². The van der Waals surface area contributed by atoms with Crippen molar-refractivity contribution in [3.8, 4) is 5.75 Å². The number of carbonyl (C=O) groups excluding carboxylic acids is 1. The van der Waals surface area contributed by atoms with Gasteiger partial charge in [0, 0.05) is 11.6 Å². The standard InChI is InChI=1S/C16H21NO3/c1-11(2)19-13-6-7-14-12(10-13)8-9-17(14)15(18)20-16(3,4)5/h6-11H,1-5H3. The van der Waals surface area contributed by atoms with Crippen LogP contribution in [0.25, 0.3) is 10.9 Å². The first-order chi connectivity index (χ1) is 9.26. The molecule has 0 bridgehead atoms. The quantitative estimate of drug-likeness (QED) is 0.824. The second kappa shape index (κ2) is 5.19. The number of aromatic nitrogens is 1. The zero-order valence-electron chi connectivity index (χ0n) is 12.6. The molecule has 4 heteroatoms. The number of fused-ring (bicyclic) bond motifs is 1. The number of carbonyl (C=O) groups is 1. The minimum atomic E-state index is -0.506. The Hall–Kier alpha value is -1.97. The predicted molar refractivity (Wildman–Crippen MR) is 79.3 cm³/mol. The molecule has 0 saturated heterocycles. The van der Waals surface area contributed by atoms with Gasteiger partial charge in [0.1, 0.15) is 11.4 Å². The van der Waals surface area contributed by atoms with Crippen molar-refractivity contribution >= 4 is 17.0 Å². The van der Waals surface area contributed by atoms with Crippen LogP contribution in [0.3, 0.4) is 0 Å². The fourth-order valence-corrected chi connectivity index (χ4v) is 1.94. The van der Waals surface area contributed by atoms with Crippen LogP contribution in [0.4, 0.5) is 4.79 Å². The molecule has 0 fully saturated rings. The summed E-state index contributed by atoms with van der Waals surface area (Å²) < 4.78 is 12.5. The Morgan fingerprint density at radius 2 is 1.90 bits per heavy atom. The van der Waals surface area contributed by atoms with Crippen LogP contribution in [0.1, 0.15) is 34.6 Å². The van der Waals surface area contributed by atoms with Crippen molar-refractivity contribution < 1.29 is 14.3 Å². The van der Waals surface area contributed by atoms with Crippen LogP contribution < -0.4 is 4.74 Å². The zero-order valence-corrected chi connectivity index (χ0v) is 12.6. The molecule has 0 amide bonds. The average molecular weight is 275 g/mol. The van der Waals surface area contributed by atoms with Crippen LogP contribution in [0, 0.1) is 0 Å². The molecular formula is C16H21NO3. The van der Waals surface area contributed by atoms with E-state index in [0.29, 0.717) is 0 Å². The van der Waals surface area contributed by atoms with Crippen molar-refractivity contribution in [1.82, 2.24) is 4.57 Å². The maximum atomic E-state index is 12.1. The first kappa shape index (κ1) is 14.4. The van der Waals surface area contributed by atoms with Crippen LogP contribution in [-0.2, 0) is 4.74 Å². The van der Waals surface area contributed by atoms with Gasteiger partial charge >= 0.3 is 6.09 Å². The highest BCUT2D eigenvalue weighted by Gasteiger charge is 2.19. The van der Waals surface area contributed by atoms with Gasteiger partial charge < -0.3 is 9.47 Å². The summed E-state index contributed by atoms with van der Waals surface area (Å²) in [5.41, 5.74) is 0.310. The lowest BCUT2D eigenvalue weighted by atomic mass is 10.2. The lowest BCUT2D eigenvalue weighted by Crippen LogP contribution is -2.26. The van der Waals surface area contributed by atoms with Gasteiger partial charge in [-0.25, -0.2) is 4.79 Å². The fourth-order valence-electron chi connectivity index (χ4n) is 1.94. The van der Waals surface area contributed by atoms with Crippen LogP contribution in [-0.4, -0.2) is 22.4 Å². The number of hydrogen-bond acceptors (Lipinski definition) is 3. The third-order valence-corrected chi connectivity index (χ3v) is 2.62. The smallest absolute Gasteiger partial charge is 0.418 e. The molecule has 4 nitrogen and oxygen atoms in total. The van der Waals surface area contributed by atoms with E-state index < -0.39 is 5.60 Å². The Balaban J connectivity index is 2.31. The summed E-state index contributed by atoms with van der Waals surface area (Å²) in [6.07, 6.45) is 1.48. The van der Waals surface area contributed by atoms with Gasteiger partial charge in [-0.3, -0.25) is 4.57 Å². The van der Waals surface area contributed by atoms with E-state index in [1.165, 1.54) is 4.57 Å². The molecule has 0 saturated carbocycles. The summed E-state index contributed by atoms with van der Waals surface area (Å²) in [7, 11) is 0. The molecule has 0 unspecified atom stereocenters. The Morgan fingerprint density at radius 3 is 2.50 bits per heavy atom. The van der Waals surface area contributed by atoms with E-state index >= 15 is 0 Å². The Bertz CT molecular complexity index is 620. The third-order valence-electron chi connectivity index (χ3n) is 2.62. The normalized spacial score (nSPS) is 11.9. The molecule has 20 heavy (non-hydrogen) atoms. The van der Waals surface area contributed by atoms with Gasteiger partial charge in [0.25, 0.3) is 0 Å². The maximum absolute atomic E-state index is 12.1. The molecule has 0 aliphatic rings. The summed E-state index contributed by atoms with van der Waals surface area (Å²) >= 11 is 0. The Morgan fingerprint density at radius 1 is 1.20 bits per heavy atom. The summed E-state index contributed by atoms with van der Waals surface area (Å²) in [5.74, 6) is 0.800. The minimum absolute atomic E-state index is 0.125. The lowest BCUT2D eigenvalue weighted by molar-refractivity contribution is 0.0544. The van der Waals surface area contributed by atoms with Gasteiger partial charge in [-0.05, 0) is 58.9 Å². The molecule has 0 aliphatic heterocycles. The van der Waals surface area contributed by atoms with Crippen molar-refractivity contribution in [2.45, 2.75) is 46.3 Å². The highest BCUT2D eigenvalue weighted by molar-refractivity contribution is 5.90. The number of ether oxygens (including phenoxy) is 2. The monoisotopic (exact) mass is 275 g/mol. The van der Waals surface area contributed by atoms with E-state index in [9.17, 15) is 4.79 Å². The zero-order chi connectivity index (χ0) is 14.9. The van der Waals surface area contributed by atoms with E-state index in [1.54, 1.807) is 6.20 Å². The molecule has 0 N–H and O–H groups in total. The van der Waals surface area contributed by atoms with Crippen molar-refractivity contribution in [3.63, 3.8) is 0 Å². The molecule has 0 atom stereocenters. The van der Waals surface area contributed by atoms with E-state index in [0.717, 1.165) is 16.7 Å². The molecule has 2 rings (SSSR count). The first-order valence-corrected chi connectivity index (χ1v) is 6.77. The molecular weight excluding hydrogens is 254 g/mol. The van der Waals surface area contributed by atoms with Crippen LogP contribution in [0.5, 0.6) is 5.75 Å². The molecule has 1 aromatic carbocycles. The molecule has 0 spiro atoms. The summed E-state index contributed by atoms with van der Waals surface area (Å²) in [4.78, 5) is 12.1. The second-order valence-corrected chi connectivity index (χ2v) is 6.05. The van der Waals surface area contributed by atoms with Crippen LogP contribution in [0.15, 0.2) is 30.5 Å². The van der Waals surface area contributed by atoms with Crippen molar-refractivity contribution in [2.75, 3.05) is 0 Å². The number of benzene rings is 1. The molecule has 0 aliphatic carbocycles. The summed E-state index contributed by atoms with van der Waals surface area (Å²) in [5, 5.41) is 0.953. The van der Waals surface area contributed by atoms with Crippen LogP contribution >= 0.6 is 0 Å². The van der Waals surface area contributed by atoms with Gasteiger partial charge in [0.05, 0.1) is 11.6 Å². The maximum Gasteiger partial charge on any atom is 0.418 e. The molecule has 1 aromatic heterocycles. The Kier molecular flexibility index (Phi) is 3.75. The second-order valence-electron chi connectivity index (χ2n) is 6.05. The van der Waals surface area contributed by atoms with Crippen molar-refractivity contribution in [1.29, 1.82) is 0 Å². The largest absolute Gasteiger partial charge is 0.491 e. The number of rotatable bonds is 2. The third kappa shape index (κ3) is 3.32. The molecule has 2 aromatic rings.